The van der Waals surface area contributed by atoms with Crippen LogP contribution >= 0.6 is 49.6 Å². The summed E-state index contributed by atoms with van der Waals surface area (Å²) in [6.07, 6.45) is 0. The Hall–Kier alpha value is -0.900. The summed E-state index contributed by atoms with van der Waals surface area (Å²) in [7, 11) is 0. The van der Waals surface area contributed by atoms with Gasteiger partial charge in [0.1, 0.15) is 0 Å². The lowest BCUT2D eigenvalue weighted by atomic mass is 9.91. The second-order valence-corrected chi connectivity index (χ2v) is 7.35. The van der Waals surface area contributed by atoms with E-state index in [0.717, 1.165) is 39.3 Å². The Morgan fingerprint density at radius 2 is 0.735 bits per heavy atom. The van der Waals surface area contributed by atoms with Gasteiger partial charge in [0, 0.05) is 52.4 Å². The summed E-state index contributed by atoms with van der Waals surface area (Å²) in [5.74, 6) is 0. The molecule has 0 atom stereocenters. The zero-order valence-corrected chi connectivity index (χ0v) is 22.5. The van der Waals surface area contributed by atoms with Crippen molar-refractivity contribution in [3.05, 3.63) is 59.7 Å². The van der Waals surface area contributed by atoms with E-state index in [1.807, 2.05) is 0 Å². The molecular formula is C24H38Cl4N4O2. The SMILES string of the molecule is Cl.Cl.Cl.Cl.OCCNCCNCc1c2ccccc2c(CNCCNCCO)c2ccccc12. The van der Waals surface area contributed by atoms with Crippen molar-refractivity contribution >= 4 is 71.2 Å². The monoisotopic (exact) mass is 554 g/mol. The molecule has 0 radical (unpaired) electrons. The van der Waals surface area contributed by atoms with E-state index in [1.165, 1.54) is 32.7 Å². The van der Waals surface area contributed by atoms with Crippen molar-refractivity contribution < 1.29 is 10.2 Å². The Labute approximate surface area is 227 Å². The van der Waals surface area contributed by atoms with Gasteiger partial charge in [0.25, 0.3) is 0 Å². The maximum absolute atomic E-state index is 8.88. The van der Waals surface area contributed by atoms with E-state index in [9.17, 15) is 0 Å². The largest absolute Gasteiger partial charge is 0.395 e. The van der Waals surface area contributed by atoms with Crippen LogP contribution in [0.15, 0.2) is 48.5 Å². The molecule has 0 unspecified atom stereocenters. The van der Waals surface area contributed by atoms with Gasteiger partial charge in [-0.15, -0.1) is 49.6 Å². The van der Waals surface area contributed by atoms with Crippen LogP contribution in [0.1, 0.15) is 11.1 Å². The zero-order valence-electron chi connectivity index (χ0n) is 19.2. The van der Waals surface area contributed by atoms with Gasteiger partial charge in [-0.05, 0) is 32.7 Å². The lowest BCUT2D eigenvalue weighted by molar-refractivity contribution is 0.292. The van der Waals surface area contributed by atoms with E-state index >= 15 is 0 Å². The van der Waals surface area contributed by atoms with Crippen LogP contribution in [0.25, 0.3) is 21.5 Å². The third-order valence-electron chi connectivity index (χ3n) is 5.29. The predicted molar refractivity (Wildman–Crippen MR) is 154 cm³/mol. The van der Waals surface area contributed by atoms with Crippen molar-refractivity contribution in [2.24, 2.45) is 0 Å². The van der Waals surface area contributed by atoms with E-state index in [-0.39, 0.29) is 62.8 Å². The third kappa shape index (κ3) is 9.99. The molecule has 0 amide bonds. The molecule has 3 aromatic carbocycles. The highest BCUT2D eigenvalue weighted by atomic mass is 35.5. The summed E-state index contributed by atoms with van der Waals surface area (Å²) in [6, 6.07) is 17.3. The van der Waals surface area contributed by atoms with E-state index in [2.05, 4.69) is 69.8 Å². The van der Waals surface area contributed by atoms with E-state index in [4.69, 9.17) is 10.2 Å². The van der Waals surface area contributed by atoms with Gasteiger partial charge in [0.05, 0.1) is 13.2 Å². The van der Waals surface area contributed by atoms with Gasteiger partial charge in [0.15, 0.2) is 0 Å². The molecule has 6 N–H and O–H groups in total. The van der Waals surface area contributed by atoms with Crippen molar-refractivity contribution in [1.29, 1.82) is 0 Å². The van der Waals surface area contributed by atoms with Gasteiger partial charge in [-0.3, -0.25) is 0 Å². The van der Waals surface area contributed by atoms with Crippen LogP contribution < -0.4 is 21.3 Å². The first-order valence-corrected chi connectivity index (χ1v) is 10.8. The molecule has 3 rings (SSSR count). The maximum Gasteiger partial charge on any atom is 0.0555 e. The lowest BCUT2D eigenvalue weighted by Gasteiger charge is -2.18. The Balaban J connectivity index is 0. The van der Waals surface area contributed by atoms with Gasteiger partial charge in [-0.2, -0.15) is 0 Å². The minimum Gasteiger partial charge on any atom is -0.395 e. The molecule has 0 spiro atoms. The lowest BCUT2D eigenvalue weighted by Crippen LogP contribution is -2.29. The van der Waals surface area contributed by atoms with Crippen LogP contribution in [-0.2, 0) is 13.1 Å². The number of nitrogens with one attached hydrogen (secondary N) is 4. The molecule has 34 heavy (non-hydrogen) atoms. The highest BCUT2D eigenvalue weighted by Crippen LogP contribution is 2.32. The molecule has 0 aliphatic carbocycles. The highest BCUT2D eigenvalue weighted by molar-refractivity contribution is 6.05. The van der Waals surface area contributed by atoms with Crippen LogP contribution in [0.3, 0.4) is 0 Å². The van der Waals surface area contributed by atoms with Crippen LogP contribution in [-0.4, -0.2) is 62.7 Å². The number of rotatable bonds is 14. The van der Waals surface area contributed by atoms with Gasteiger partial charge >= 0.3 is 0 Å². The predicted octanol–water partition coefficient (Wildman–Crippen LogP) is 3.02. The van der Waals surface area contributed by atoms with E-state index in [1.54, 1.807) is 0 Å². The number of hydrogen-bond acceptors (Lipinski definition) is 6. The van der Waals surface area contributed by atoms with Crippen LogP contribution in [0, 0.1) is 0 Å². The fourth-order valence-corrected chi connectivity index (χ4v) is 3.88. The first-order chi connectivity index (χ1) is 14.9. The third-order valence-corrected chi connectivity index (χ3v) is 5.29. The fourth-order valence-electron chi connectivity index (χ4n) is 3.88. The Bertz CT molecular complexity index is 803. The number of halogens is 4. The van der Waals surface area contributed by atoms with Crippen molar-refractivity contribution in [3.63, 3.8) is 0 Å². The second kappa shape index (κ2) is 20.3. The van der Waals surface area contributed by atoms with Crippen LogP contribution in [0.4, 0.5) is 0 Å². The molecule has 0 bridgehead atoms. The molecule has 0 aliphatic heterocycles. The Morgan fingerprint density at radius 1 is 0.441 bits per heavy atom. The topological polar surface area (TPSA) is 88.6 Å². The number of fused-ring (bicyclic) bond motifs is 2. The molecule has 10 heteroatoms. The van der Waals surface area contributed by atoms with Crippen molar-refractivity contribution in [2.45, 2.75) is 13.1 Å². The number of benzene rings is 3. The van der Waals surface area contributed by atoms with Crippen molar-refractivity contribution in [1.82, 2.24) is 21.3 Å². The van der Waals surface area contributed by atoms with Crippen molar-refractivity contribution in [2.75, 3.05) is 52.5 Å². The molecule has 0 heterocycles. The average Bonchev–Trinajstić information content (AvgIpc) is 2.79. The standard InChI is InChI=1S/C24H34N4O2.4ClH/c29-15-13-25-9-11-27-17-23-19-5-1-2-6-20(19)24(18-28-12-10-26-14-16-30)22-8-4-3-7-21(22)23;;;;/h1-8,25-30H,9-18H2;4*1H. The molecule has 0 aliphatic rings. The summed E-state index contributed by atoms with van der Waals surface area (Å²) in [5, 5.41) is 36.4. The molecule has 194 valence electrons. The summed E-state index contributed by atoms with van der Waals surface area (Å²) >= 11 is 0. The maximum atomic E-state index is 8.88. The van der Waals surface area contributed by atoms with Crippen LogP contribution in [0.2, 0.25) is 0 Å². The molecule has 3 aromatic rings. The smallest absolute Gasteiger partial charge is 0.0555 e. The van der Waals surface area contributed by atoms with Crippen LogP contribution in [0.5, 0.6) is 0 Å². The minimum absolute atomic E-state index is 0. The number of hydrogen-bond donors (Lipinski definition) is 6. The van der Waals surface area contributed by atoms with Gasteiger partial charge in [-0.1, -0.05) is 48.5 Å². The second-order valence-electron chi connectivity index (χ2n) is 7.35. The molecule has 6 nitrogen and oxygen atoms in total. The molecule has 0 fully saturated rings. The summed E-state index contributed by atoms with van der Waals surface area (Å²) in [6.45, 7) is 6.59. The summed E-state index contributed by atoms with van der Waals surface area (Å²) in [5.41, 5.74) is 2.66. The van der Waals surface area contributed by atoms with Crippen molar-refractivity contribution in [3.8, 4) is 0 Å². The van der Waals surface area contributed by atoms with E-state index < -0.39 is 0 Å². The average molecular weight is 556 g/mol. The Morgan fingerprint density at radius 3 is 1.03 bits per heavy atom. The molecule has 0 aromatic heterocycles. The minimum atomic E-state index is 0. The zero-order chi connectivity index (χ0) is 21.0. The number of aliphatic hydroxyl groups excluding tert-OH is 2. The van der Waals surface area contributed by atoms with Gasteiger partial charge in [0.2, 0.25) is 0 Å². The van der Waals surface area contributed by atoms with Gasteiger partial charge in [-0.25, -0.2) is 0 Å². The first kappa shape index (κ1) is 35.3. The fraction of sp³-hybridized carbons (Fsp3) is 0.417. The molecule has 0 saturated carbocycles. The Kier molecular flexibility index (Phi) is 21.1. The molecule has 0 saturated heterocycles. The first-order valence-electron chi connectivity index (χ1n) is 10.8. The highest BCUT2D eigenvalue weighted by Gasteiger charge is 2.13. The quantitative estimate of drug-likeness (QED) is 0.135. The van der Waals surface area contributed by atoms with Gasteiger partial charge < -0.3 is 31.5 Å². The normalized spacial score (nSPS) is 10.2. The summed E-state index contributed by atoms with van der Waals surface area (Å²) in [4.78, 5) is 0. The number of aliphatic hydroxyl groups is 2. The summed E-state index contributed by atoms with van der Waals surface area (Å²) < 4.78 is 0. The van der Waals surface area contributed by atoms with E-state index in [0.29, 0.717) is 13.1 Å². The molecular weight excluding hydrogens is 518 g/mol.